The molecule has 2 aliphatic carbocycles. The van der Waals surface area contributed by atoms with E-state index in [0.717, 1.165) is 0 Å². The molecule has 0 aromatic heterocycles. The third-order valence-electron chi connectivity index (χ3n) is 2.87. The first-order chi connectivity index (χ1) is 10.1. The van der Waals surface area contributed by atoms with E-state index in [1.807, 2.05) is 0 Å². The minimum atomic E-state index is -1.76. The molecule has 0 spiro atoms. The first-order valence-corrected chi connectivity index (χ1v) is 14.1. The van der Waals surface area contributed by atoms with Crippen LogP contribution in [-0.4, -0.2) is 26.7 Å². The second-order valence-corrected chi connectivity index (χ2v) is 14.4. The molecule has 0 bridgehead atoms. The third kappa shape index (κ3) is 10.4. The van der Waals surface area contributed by atoms with E-state index in [1.54, 1.807) is 34.4 Å². The van der Waals surface area contributed by atoms with Crippen molar-refractivity contribution in [3.63, 3.8) is 0 Å². The van der Waals surface area contributed by atoms with Gasteiger partial charge in [-0.15, -0.1) is 0 Å². The summed E-state index contributed by atoms with van der Waals surface area (Å²) in [5, 5.41) is 16.1. The van der Waals surface area contributed by atoms with Crippen LogP contribution in [0, 0.1) is 0 Å². The molecule has 0 fully saturated rings. The van der Waals surface area contributed by atoms with Gasteiger partial charge >= 0.3 is 94.0 Å². The van der Waals surface area contributed by atoms with Gasteiger partial charge in [-0.1, -0.05) is 0 Å². The molecule has 0 atom stereocenters. The summed E-state index contributed by atoms with van der Waals surface area (Å²) < 4.78 is 7.85. The Kier molecular flexibility index (Phi) is 11.0. The summed E-state index contributed by atoms with van der Waals surface area (Å²) in [4.78, 5) is 0. The molecular formula is C19H32HfO2. The number of allylic oxidation sites excluding steroid dienone is 8. The van der Waals surface area contributed by atoms with Crippen LogP contribution in [0.15, 0.2) is 42.1 Å². The van der Waals surface area contributed by atoms with Crippen molar-refractivity contribution >= 4 is 4.26 Å². The van der Waals surface area contributed by atoms with Crippen LogP contribution in [0.1, 0.15) is 54.4 Å². The van der Waals surface area contributed by atoms with E-state index in [2.05, 4.69) is 42.4 Å². The number of rotatable bonds is 2. The topological polar surface area (TPSA) is 40.5 Å². The summed E-state index contributed by atoms with van der Waals surface area (Å²) in [6.07, 6.45) is 11.5. The Hall–Kier alpha value is -0.380. The third-order valence-corrected chi connectivity index (χ3v) is 10.9. The van der Waals surface area contributed by atoms with Gasteiger partial charge in [0.1, 0.15) is 0 Å². The minimum absolute atomic E-state index is 0.167. The van der Waals surface area contributed by atoms with Crippen molar-refractivity contribution < 1.29 is 31.2 Å². The zero-order valence-corrected chi connectivity index (χ0v) is 18.6. The van der Waals surface area contributed by atoms with Crippen LogP contribution >= 0.6 is 0 Å². The van der Waals surface area contributed by atoms with E-state index in [4.69, 9.17) is 10.2 Å². The molecule has 3 heteroatoms. The Morgan fingerprint density at radius 3 is 1.32 bits per heavy atom. The Bertz CT molecular complexity index is 442. The second kappa shape index (κ2) is 11.2. The van der Waals surface area contributed by atoms with Crippen molar-refractivity contribution in [1.29, 1.82) is 0 Å². The van der Waals surface area contributed by atoms with Crippen molar-refractivity contribution in [2.45, 2.75) is 66.6 Å². The Morgan fingerprint density at radius 2 is 1.14 bits per heavy atom. The normalized spacial score (nSPS) is 16.1. The van der Waals surface area contributed by atoms with Gasteiger partial charge in [0.2, 0.25) is 0 Å². The van der Waals surface area contributed by atoms with E-state index >= 15 is 0 Å². The van der Waals surface area contributed by atoms with E-state index < -0.39 is 21.0 Å². The molecule has 2 N–H and O–H groups in total. The van der Waals surface area contributed by atoms with Crippen LogP contribution in [0.5, 0.6) is 0 Å². The number of hydrogen-bond donors (Lipinski definition) is 2. The summed E-state index contributed by atoms with van der Waals surface area (Å²) in [7, 11) is 0. The van der Waals surface area contributed by atoms with Crippen molar-refractivity contribution in [2.75, 3.05) is 0 Å². The van der Waals surface area contributed by atoms with Crippen LogP contribution in [0.25, 0.3) is 0 Å². The summed E-state index contributed by atoms with van der Waals surface area (Å²) in [6, 6.07) is 0. The van der Waals surface area contributed by atoms with Crippen LogP contribution in [0.3, 0.4) is 0 Å². The molecule has 0 saturated heterocycles. The van der Waals surface area contributed by atoms with Crippen molar-refractivity contribution in [3.8, 4) is 0 Å². The maximum atomic E-state index is 8.06. The van der Waals surface area contributed by atoms with Crippen LogP contribution in [-0.2, 0) is 21.0 Å². The summed E-state index contributed by atoms with van der Waals surface area (Å²) in [5.74, 6) is 0. The number of hydrogen-bond acceptors (Lipinski definition) is 2. The van der Waals surface area contributed by atoms with Gasteiger partial charge in [-0.25, -0.2) is 0 Å². The molecule has 2 aliphatic rings. The van der Waals surface area contributed by atoms with Gasteiger partial charge in [0, 0.05) is 12.2 Å². The fourth-order valence-electron chi connectivity index (χ4n) is 1.95. The van der Waals surface area contributed by atoms with E-state index in [1.165, 1.54) is 24.0 Å². The monoisotopic (exact) mass is 472 g/mol. The molecule has 0 unspecified atom stereocenters. The van der Waals surface area contributed by atoms with Gasteiger partial charge in [-0.3, -0.25) is 0 Å². The standard InChI is InChI=1S/2C6H7.2C3H8O.CH2.Hf/c2*1-6-4-2-3-5-6;2*1-3(2)4;;/h2*4-5H,2H2,1H3;2*3-4H,1-2H3;1H2;. The maximum absolute atomic E-state index is 8.06. The first kappa shape index (κ1) is 21.6. The Morgan fingerprint density at radius 1 is 0.864 bits per heavy atom. The van der Waals surface area contributed by atoms with Crippen LogP contribution < -0.4 is 0 Å². The van der Waals surface area contributed by atoms with Crippen molar-refractivity contribution in [3.05, 3.63) is 42.1 Å². The SMILES string of the molecule is CC(C)O.CC(C)O.[CH2]=[Hf]([C]1=CC(C)=CC1)[C]1=CC(C)=CC1. The van der Waals surface area contributed by atoms with Crippen molar-refractivity contribution in [2.24, 2.45) is 0 Å². The van der Waals surface area contributed by atoms with E-state index in [0.29, 0.717) is 0 Å². The Labute approximate surface area is 144 Å². The molecule has 0 aliphatic heterocycles. The van der Waals surface area contributed by atoms with Gasteiger partial charge < -0.3 is 10.2 Å². The first-order valence-electron chi connectivity index (χ1n) is 7.94. The molecule has 0 aromatic carbocycles. The second-order valence-electron chi connectivity index (χ2n) is 6.31. The van der Waals surface area contributed by atoms with E-state index in [-0.39, 0.29) is 12.2 Å². The fourth-order valence-corrected chi connectivity index (χ4v) is 8.83. The van der Waals surface area contributed by atoms with E-state index in [9.17, 15) is 0 Å². The Balaban J connectivity index is 0.000000464. The molecule has 0 radical (unpaired) electrons. The summed E-state index contributed by atoms with van der Waals surface area (Å²) in [6.45, 7) is 11.3. The fraction of sp³-hybridized carbons (Fsp3) is 0.526. The molecular weight excluding hydrogens is 439 g/mol. The predicted molar refractivity (Wildman–Crippen MR) is 94.7 cm³/mol. The van der Waals surface area contributed by atoms with Gasteiger partial charge in [0.25, 0.3) is 0 Å². The van der Waals surface area contributed by atoms with Gasteiger partial charge in [-0.05, 0) is 27.7 Å². The molecule has 0 heterocycles. The van der Waals surface area contributed by atoms with Gasteiger partial charge in [0.05, 0.1) is 0 Å². The van der Waals surface area contributed by atoms with Crippen LogP contribution in [0.2, 0.25) is 0 Å². The van der Waals surface area contributed by atoms with Crippen LogP contribution in [0.4, 0.5) is 0 Å². The van der Waals surface area contributed by atoms with Gasteiger partial charge in [-0.2, -0.15) is 0 Å². The average Bonchev–Trinajstić information content (AvgIpc) is 2.96. The average molecular weight is 471 g/mol. The summed E-state index contributed by atoms with van der Waals surface area (Å²) in [5.41, 5.74) is 2.88. The molecule has 0 amide bonds. The molecule has 22 heavy (non-hydrogen) atoms. The number of aliphatic hydroxyl groups is 2. The molecule has 0 aromatic rings. The van der Waals surface area contributed by atoms with Gasteiger partial charge in [0.15, 0.2) is 0 Å². The van der Waals surface area contributed by atoms with Crippen molar-refractivity contribution in [1.82, 2.24) is 0 Å². The molecule has 2 nitrogen and oxygen atoms in total. The zero-order chi connectivity index (χ0) is 17.3. The molecule has 2 rings (SSSR count). The molecule has 0 saturated carbocycles. The molecule has 124 valence electrons. The number of aliphatic hydroxyl groups excluding tert-OH is 2. The predicted octanol–water partition coefficient (Wildman–Crippen LogP) is 4.28. The quantitative estimate of drug-likeness (QED) is 0.591. The zero-order valence-electron chi connectivity index (χ0n) is 15.0. The summed E-state index contributed by atoms with van der Waals surface area (Å²) >= 11 is -1.76.